The van der Waals surface area contributed by atoms with Gasteiger partial charge in [-0.15, -0.1) is 0 Å². The number of hydrogen-bond donors (Lipinski definition) is 1. The second kappa shape index (κ2) is 29.1. The van der Waals surface area contributed by atoms with Crippen LogP contribution >= 0.6 is 0 Å². The van der Waals surface area contributed by atoms with Crippen LogP contribution in [0.2, 0.25) is 0 Å². The van der Waals surface area contributed by atoms with Crippen LogP contribution in [0.25, 0.3) is 0 Å². The Kier molecular flexibility index (Phi) is 27.9. The van der Waals surface area contributed by atoms with Crippen molar-refractivity contribution in [1.82, 2.24) is 4.90 Å². The maximum atomic E-state index is 12.0. The van der Waals surface area contributed by atoms with E-state index < -0.39 is 17.9 Å². The lowest BCUT2D eigenvalue weighted by molar-refractivity contribution is -0.141. The molecule has 0 fully saturated rings. The van der Waals surface area contributed by atoms with Crippen molar-refractivity contribution in [2.45, 2.75) is 46.6 Å². The van der Waals surface area contributed by atoms with Crippen molar-refractivity contribution >= 4 is 23.9 Å². The van der Waals surface area contributed by atoms with Gasteiger partial charge in [0.15, 0.2) is 0 Å². The van der Waals surface area contributed by atoms with Gasteiger partial charge in [-0.2, -0.15) is 0 Å². The first-order valence-electron chi connectivity index (χ1n) is 15.5. The van der Waals surface area contributed by atoms with Crippen LogP contribution in [0.15, 0.2) is 78.9 Å². The van der Waals surface area contributed by atoms with Gasteiger partial charge in [0.05, 0.1) is 39.1 Å². The molecule has 1 aromatic carbocycles. The number of carboxylic acid groups (broad SMARTS) is 1. The van der Waals surface area contributed by atoms with E-state index in [0.29, 0.717) is 69.3 Å². The fraction of sp³-hybridized carbons (Fsp3) is 0.500. The molecule has 0 radical (unpaired) electrons. The lowest BCUT2D eigenvalue weighted by atomic mass is 10.1. The monoisotopic (exact) mass is 677 g/mol. The van der Waals surface area contributed by atoms with Crippen LogP contribution in [-0.4, -0.2) is 113 Å². The number of nitrogens with zero attached hydrogens (tertiary/aromatic N) is 1. The molecule has 0 aliphatic carbocycles. The van der Waals surface area contributed by atoms with Crippen LogP contribution in [0.5, 0.6) is 0 Å². The van der Waals surface area contributed by atoms with Crippen molar-refractivity contribution in [1.29, 1.82) is 0 Å². The first-order chi connectivity index (χ1) is 22.6. The molecule has 1 N–H and O–H groups in total. The largest absolute Gasteiger partial charge is 0.478 e. The van der Waals surface area contributed by atoms with Gasteiger partial charge < -0.3 is 38.4 Å². The van der Waals surface area contributed by atoms with E-state index in [-0.39, 0.29) is 30.9 Å². The maximum absolute atomic E-state index is 12.0. The van der Waals surface area contributed by atoms with E-state index in [9.17, 15) is 19.2 Å². The van der Waals surface area contributed by atoms with Gasteiger partial charge in [-0.3, -0.25) is 0 Å². The molecule has 0 spiro atoms. The van der Waals surface area contributed by atoms with E-state index in [1.54, 1.807) is 13.8 Å². The summed E-state index contributed by atoms with van der Waals surface area (Å²) in [5.41, 5.74) is 2.48. The van der Waals surface area contributed by atoms with Crippen molar-refractivity contribution in [3.8, 4) is 0 Å². The predicted octanol–water partition coefficient (Wildman–Crippen LogP) is 4.59. The quantitative estimate of drug-likeness (QED) is 0.0792. The number of carbonyl (C=O) groups is 4. The normalized spacial score (nSPS) is 10.6. The highest BCUT2D eigenvalue weighted by molar-refractivity contribution is 5.88. The standard InChI is InChI=1S/C20H35NO7.C12H14O2.C4H6O2/c1-7-24-15-18(14-17(4)20(23)27-9-8-21(5)6)26-12-10-25-11-13-28-19(22)16(2)3;1-10(2)12(13)14-9-8-11-6-4-3-5-7-11;1-3(2)4(5)6/h18H,2,4,7-15H2,1,3,5-6H3;3-7H,1,8-9H2,2H3;1H2,2H3,(H,5,6). The van der Waals surface area contributed by atoms with Gasteiger partial charge >= 0.3 is 23.9 Å². The van der Waals surface area contributed by atoms with Crippen LogP contribution in [0, 0.1) is 0 Å². The Morgan fingerprint density at radius 1 is 0.729 bits per heavy atom. The molecule has 0 bridgehead atoms. The fourth-order valence-corrected chi connectivity index (χ4v) is 2.92. The minimum Gasteiger partial charge on any atom is -0.478 e. The summed E-state index contributed by atoms with van der Waals surface area (Å²) in [4.78, 5) is 45.7. The van der Waals surface area contributed by atoms with Crippen molar-refractivity contribution in [2.75, 3.05) is 73.5 Å². The van der Waals surface area contributed by atoms with E-state index in [4.69, 9.17) is 33.5 Å². The third-order valence-electron chi connectivity index (χ3n) is 5.61. The van der Waals surface area contributed by atoms with Gasteiger partial charge in [-0.05, 0) is 47.4 Å². The lowest BCUT2D eigenvalue weighted by Crippen LogP contribution is -2.26. The Bertz CT molecular complexity index is 1130. The maximum Gasteiger partial charge on any atom is 0.333 e. The van der Waals surface area contributed by atoms with Gasteiger partial charge in [0.2, 0.25) is 0 Å². The molecule has 0 heterocycles. The number of carbonyl (C=O) groups excluding carboxylic acids is 3. The average Bonchev–Trinajstić information content (AvgIpc) is 3.03. The molecule has 0 amide bonds. The second-order valence-electron chi connectivity index (χ2n) is 10.7. The number of likely N-dealkylation sites (N-methyl/N-ethyl adjacent to an activating group) is 1. The van der Waals surface area contributed by atoms with Crippen LogP contribution in [0.1, 0.15) is 39.7 Å². The molecular weight excluding hydrogens is 622 g/mol. The van der Waals surface area contributed by atoms with Crippen LogP contribution in [-0.2, 0) is 54.0 Å². The summed E-state index contributed by atoms with van der Waals surface area (Å²) in [6.07, 6.45) is 0.746. The summed E-state index contributed by atoms with van der Waals surface area (Å²) >= 11 is 0. The zero-order valence-electron chi connectivity index (χ0n) is 29.5. The number of esters is 3. The Balaban J connectivity index is 0. The molecule has 12 heteroatoms. The van der Waals surface area contributed by atoms with E-state index in [0.717, 1.165) is 6.42 Å². The lowest BCUT2D eigenvalue weighted by Gasteiger charge is -2.19. The van der Waals surface area contributed by atoms with Crippen molar-refractivity contribution in [2.24, 2.45) is 0 Å². The number of hydrogen-bond acceptors (Lipinski definition) is 11. The van der Waals surface area contributed by atoms with Crippen LogP contribution < -0.4 is 0 Å². The topological polar surface area (TPSA) is 147 Å². The molecule has 0 aromatic heterocycles. The number of ether oxygens (including phenoxy) is 6. The Morgan fingerprint density at radius 2 is 1.25 bits per heavy atom. The van der Waals surface area contributed by atoms with Gasteiger partial charge in [0.1, 0.15) is 13.2 Å². The molecule has 0 saturated carbocycles. The van der Waals surface area contributed by atoms with E-state index in [1.165, 1.54) is 12.5 Å². The molecule has 270 valence electrons. The molecule has 48 heavy (non-hydrogen) atoms. The first kappa shape index (κ1) is 46.0. The van der Waals surface area contributed by atoms with Gasteiger partial charge in [-0.1, -0.05) is 56.6 Å². The van der Waals surface area contributed by atoms with Crippen molar-refractivity contribution in [3.63, 3.8) is 0 Å². The zero-order chi connectivity index (χ0) is 36.9. The minimum atomic E-state index is -0.935. The molecule has 1 aromatic rings. The van der Waals surface area contributed by atoms with E-state index in [2.05, 4.69) is 26.3 Å². The highest BCUT2D eigenvalue weighted by Crippen LogP contribution is 2.10. The van der Waals surface area contributed by atoms with E-state index >= 15 is 0 Å². The van der Waals surface area contributed by atoms with Crippen LogP contribution in [0.4, 0.5) is 0 Å². The number of carboxylic acids is 1. The molecule has 1 atom stereocenters. The summed E-state index contributed by atoms with van der Waals surface area (Å²) in [5.74, 6) is -2.12. The SMILES string of the molecule is C=C(C)C(=O)O.C=C(C)C(=O)OCCOCCOC(COCC)CC(=C)C(=O)OCCN(C)C.C=C(C)C(=O)OCCc1ccccc1. The second-order valence-corrected chi connectivity index (χ2v) is 10.7. The molecule has 0 saturated heterocycles. The van der Waals surface area contributed by atoms with E-state index in [1.807, 2.05) is 56.3 Å². The predicted molar refractivity (Wildman–Crippen MR) is 184 cm³/mol. The third kappa shape index (κ3) is 28.1. The summed E-state index contributed by atoms with van der Waals surface area (Å²) < 4.78 is 31.5. The summed E-state index contributed by atoms with van der Waals surface area (Å²) in [6.45, 7) is 23.8. The number of rotatable bonds is 22. The smallest absolute Gasteiger partial charge is 0.333 e. The summed E-state index contributed by atoms with van der Waals surface area (Å²) in [5, 5.41) is 7.89. The van der Waals surface area contributed by atoms with Crippen LogP contribution in [0.3, 0.4) is 0 Å². The number of aliphatic carboxylic acids is 1. The minimum absolute atomic E-state index is 0.156. The Morgan fingerprint density at radius 3 is 1.75 bits per heavy atom. The first-order valence-corrected chi connectivity index (χ1v) is 15.5. The molecule has 1 unspecified atom stereocenters. The van der Waals surface area contributed by atoms with Gasteiger partial charge in [-0.25, -0.2) is 19.2 Å². The summed E-state index contributed by atoms with van der Waals surface area (Å²) in [7, 11) is 3.81. The van der Waals surface area contributed by atoms with Gasteiger partial charge in [0.25, 0.3) is 0 Å². The fourth-order valence-electron chi connectivity index (χ4n) is 2.92. The summed E-state index contributed by atoms with van der Waals surface area (Å²) in [6, 6.07) is 9.92. The molecule has 1 rings (SSSR count). The van der Waals surface area contributed by atoms with Crippen molar-refractivity contribution in [3.05, 3.63) is 84.5 Å². The highest BCUT2D eigenvalue weighted by atomic mass is 16.6. The highest BCUT2D eigenvalue weighted by Gasteiger charge is 2.17. The third-order valence-corrected chi connectivity index (χ3v) is 5.61. The molecular formula is C36H55NO11. The zero-order valence-corrected chi connectivity index (χ0v) is 29.5. The number of benzene rings is 1. The van der Waals surface area contributed by atoms with Crippen molar-refractivity contribution < 1.29 is 52.7 Å². The molecule has 0 aliphatic heterocycles. The molecule has 0 aliphatic rings. The Hall–Kier alpha value is -4.10. The molecule has 12 nitrogen and oxygen atoms in total. The Labute approximate surface area is 286 Å². The average molecular weight is 678 g/mol. The van der Waals surface area contributed by atoms with Gasteiger partial charge in [0, 0.05) is 48.3 Å².